The first-order valence-corrected chi connectivity index (χ1v) is 10.9. The minimum absolute atomic E-state index is 0.0701. The number of aromatic nitrogens is 2. The first-order valence-electron chi connectivity index (χ1n) is 10.9. The maximum absolute atomic E-state index is 13.6. The lowest BCUT2D eigenvalue weighted by Crippen LogP contribution is -2.32. The summed E-state index contributed by atoms with van der Waals surface area (Å²) in [4.78, 5) is 11.8. The molecule has 7 nitrogen and oxygen atoms in total. The third kappa shape index (κ3) is 3.83. The van der Waals surface area contributed by atoms with Crippen LogP contribution in [0.1, 0.15) is 29.3 Å². The minimum atomic E-state index is -1.52. The van der Waals surface area contributed by atoms with Gasteiger partial charge >= 0.3 is 7.12 Å². The molecule has 0 saturated carbocycles. The molecule has 1 atom stereocenters. The van der Waals surface area contributed by atoms with E-state index >= 15 is 0 Å². The largest absolute Gasteiger partial charge is 0.488 e. The van der Waals surface area contributed by atoms with E-state index in [-0.39, 0.29) is 11.9 Å². The molecule has 32 heavy (non-hydrogen) atoms. The van der Waals surface area contributed by atoms with Crippen molar-refractivity contribution in [2.75, 3.05) is 16.8 Å². The molecule has 3 heterocycles. The van der Waals surface area contributed by atoms with Gasteiger partial charge in [0.05, 0.1) is 5.69 Å². The third-order valence-electron chi connectivity index (χ3n) is 6.15. The van der Waals surface area contributed by atoms with Crippen LogP contribution in [0.4, 0.5) is 21.8 Å². The van der Waals surface area contributed by atoms with Gasteiger partial charge in [-0.05, 0) is 48.1 Å². The maximum atomic E-state index is 13.6. The van der Waals surface area contributed by atoms with E-state index in [0.29, 0.717) is 30.9 Å². The summed E-state index contributed by atoms with van der Waals surface area (Å²) in [6.45, 7) is 4.05. The van der Waals surface area contributed by atoms with Crippen molar-refractivity contribution < 1.29 is 14.4 Å². The zero-order valence-corrected chi connectivity index (χ0v) is 17.8. The van der Waals surface area contributed by atoms with E-state index < -0.39 is 7.12 Å². The van der Waals surface area contributed by atoms with Gasteiger partial charge in [0.1, 0.15) is 11.6 Å². The van der Waals surface area contributed by atoms with Crippen molar-refractivity contribution in [3.8, 4) is 0 Å². The Hall–Kier alpha value is -3.01. The van der Waals surface area contributed by atoms with Gasteiger partial charge in [-0.15, -0.1) is 0 Å². The lowest BCUT2D eigenvalue weighted by atomic mass is 9.76. The summed E-state index contributed by atoms with van der Waals surface area (Å²) < 4.78 is 13.6. The van der Waals surface area contributed by atoms with Crippen molar-refractivity contribution in [3.63, 3.8) is 0 Å². The highest BCUT2D eigenvalue weighted by Crippen LogP contribution is 2.37. The van der Waals surface area contributed by atoms with Gasteiger partial charge in [0.15, 0.2) is 0 Å². The van der Waals surface area contributed by atoms with E-state index in [0.717, 1.165) is 46.9 Å². The van der Waals surface area contributed by atoms with Crippen LogP contribution in [0.25, 0.3) is 0 Å². The molecule has 4 N–H and O–H groups in total. The van der Waals surface area contributed by atoms with Crippen LogP contribution in [0.5, 0.6) is 0 Å². The lowest BCUT2D eigenvalue weighted by molar-refractivity contribution is 0.425. The highest BCUT2D eigenvalue weighted by molar-refractivity contribution is 6.59. The quantitative estimate of drug-likeness (QED) is 0.455. The fraction of sp³-hybridized carbons (Fsp3) is 0.304. The van der Waals surface area contributed by atoms with E-state index in [2.05, 4.69) is 22.5 Å². The molecule has 3 aromatic rings. The zero-order chi connectivity index (χ0) is 22.2. The monoisotopic (exact) mass is 433 g/mol. The Morgan fingerprint density at radius 1 is 1.19 bits per heavy atom. The van der Waals surface area contributed by atoms with Crippen LogP contribution in [0.2, 0.25) is 0 Å². The molecule has 164 valence electrons. The van der Waals surface area contributed by atoms with E-state index in [9.17, 15) is 14.4 Å². The minimum Gasteiger partial charge on any atom is -0.423 e. The highest BCUT2D eigenvalue weighted by atomic mass is 19.1. The van der Waals surface area contributed by atoms with Crippen LogP contribution in [0, 0.1) is 5.82 Å². The molecule has 0 amide bonds. The Kier molecular flexibility index (Phi) is 5.54. The summed E-state index contributed by atoms with van der Waals surface area (Å²) in [5.74, 6) is 1.06. The number of nitrogens with one attached hydrogen (secondary N) is 2. The van der Waals surface area contributed by atoms with Gasteiger partial charge in [0, 0.05) is 43.3 Å². The number of hydrogen-bond donors (Lipinski definition) is 4. The topological polar surface area (TPSA) is 93.5 Å². The predicted molar refractivity (Wildman–Crippen MR) is 123 cm³/mol. The Bertz CT molecular complexity index is 1160. The van der Waals surface area contributed by atoms with Crippen molar-refractivity contribution >= 4 is 30.0 Å². The smallest absolute Gasteiger partial charge is 0.423 e. The molecule has 2 aliphatic rings. The Morgan fingerprint density at radius 3 is 2.84 bits per heavy atom. The standard InChI is InChI=1S/C23H25BFN5O2/c1-14-10-17-19(24(31)32)6-3-7-21(17)30(14)23-28-20-8-9-26-13-18(20)22(29-23)27-12-15-4-2-5-16(25)11-15/h2-7,11,14,26,31-32H,8-10,12-13H2,1H3,(H,27,28,29). The van der Waals surface area contributed by atoms with Crippen molar-refractivity contribution in [2.45, 2.75) is 38.9 Å². The van der Waals surface area contributed by atoms with Crippen LogP contribution < -0.4 is 21.0 Å². The first kappa shape index (κ1) is 20.9. The summed E-state index contributed by atoms with van der Waals surface area (Å²) in [5, 5.41) is 26.3. The van der Waals surface area contributed by atoms with Gasteiger partial charge in [-0.2, -0.15) is 4.98 Å². The summed E-state index contributed by atoms with van der Waals surface area (Å²) in [5.41, 5.74) is 5.19. The molecular weight excluding hydrogens is 408 g/mol. The van der Waals surface area contributed by atoms with Crippen molar-refractivity contribution in [1.29, 1.82) is 0 Å². The SMILES string of the molecule is CC1Cc2c(B(O)O)cccc2N1c1nc2c(c(NCc3cccc(F)c3)n1)CNCC2. The molecule has 2 aliphatic heterocycles. The second kappa shape index (κ2) is 8.50. The zero-order valence-electron chi connectivity index (χ0n) is 17.8. The first-order chi connectivity index (χ1) is 15.5. The Balaban J connectivity index is 1.53. The summed E-state index contributed by atoms with van der Waals surface area (Å²) in [6.07, 6.45) is 1.47. The van der Waals surface area contributed by atoms with Crippen LogP contribution in [-0.2, 0) is 25.9 Å². The van der Waals surface area contributed by atoms with Crippen LogP contribution >= 0.6 is 0 Å². The lowest BCUT2D eigenvalue weighted by Gasteiger charge is -2.27. The van der Waals surface area contributed by atoms with Gasteiger partial charge in [-0.25, -0.2) is 9.37 Å². The molecule has 0 aliphatic carbocycles. The number of anilines is 3. The number of rotatable bonds is 5. The van der Waals surface area contributed by atoms with Gasteiger partial charge in [0.2, 0.25) is 5.95 Å². The highest BCUT2D eigenvalue weighted by Gasteiger charge is 2.34. The number of hydrogen-bond acceptors (Lipinski definition) is 7. The normalized spacial score (nSPS) is 17.1. The fourth-order valence-corrected chi connectivity index (χ4v) is 4.63. The maximum Gasteiger partial charge on any atom is 0.488 e. The molecule has 0 spiro atoms. The predicted octanol–water partition coefficient (Wildman–Crippen LogP) is 1.64. The number of halogens is 1. The summed E-state index contributed by atoms with van der Waals surface area (Å²) in [7, 11) is -1.52. The number of nitrogens with zero attached hydrogens (tertiary/aromatic N) is 3. The van der Waals surface area contributed by atoms with E-state index in [1.165, 1.54) is 12.1 Å². The van der Waals surface area contributed by atoms with Crippen LogP contribution in [-0.4, -0.2) is 39.7 Å². The van der Waals surface area contributed by atoms with Crippen molar-refractivity contribution in [1.82, 2.24) is 15.3 Å². The second-order valence-corrected chi connectivity index (χ2v) is 8.35. The van der Waals surface area contributed by atoms with Gasteiger partial charge in [0.25, 0.3) is 0 Å². The van der Waals surface area contributed by atoms with E-state index in [1.54, 1.807) is 12.1 Å². The van der Waals surface area contributed by atoms with E-state index in [1.807, 2.05) is 18.2 Å². The van der Waals surface area contributed by atoms with E-state index in [4.69, 9.17) is 9.97 Å². The van der Waals surface area contributed by atoms with Gasteiger partial charge in [-0.3, -0.25) is 0 Å². The molecule has 0 radical (unpaired) electrons. The average Bonchev–Trinajstić information content (AvgIpc) is 3.13. The molecule has 5 rings (SSSR count). The molecule has 0 fully saturated rings. The molecular formula is C23H25BFN5O2. The van der Waals surface area contributed by atoms with Crippen molar-refractivity contribution in [2.24, 2.45) is 0 Å². The number of benzene rings is 2. The average molecular weight is 433 g/mol. The second-order valence-electron chi connectivity index (χ2n) is 8.35. The van der Waals surface area contributed by atoms with Crippen LogP contribution in [0.15, 0.2) is 42.5 Å². The molecule has 9 heteroatoms. The number of fused-ring (bicyclic) bond motifs is 2. The summed E-state index contributed by atoms with van der Waals surface area (Å²) >= 11 is 0. The molecule has 1 unspecified atom stereocenters. The Labute approximate surface area is 186 Å². The molecule has 0 saturated heterocycles. The van der Waals surface area contributed by atoms with Gasteiger partial charge < -0.3 is 25.6 Å². The van der Waals surface area contributed by atoms with Gasteiger partial charge in [-0.1, -0.05) is 24.3 Å². The van der Waals surface area contributed by atoms with Crippen LogP contribution in [0.3, 0.4) is 0 Å². The third-order valence-corrected chi connectivity index (χ3v) is 6.15. The Morgan fingerprint density at radius 2 is 2.03 bits per heavy atom. The summed E-state index contributed by atoms with van der Waals surface area (Å²) in [6, 6.07) is 12.1. The van der Waals surface area contributed by atoms with Crippen molar-refractivity contribution in [3.05, 3.63) is 70.7 Å². The molecule has 0 bridgehead atoms. The molecule has 2 aromatic carbocycles. The fourth-order valence-electron chi connectivity index (χ4n) is 4.63. The molecule has 1 aromatic heterocycles.